The zero-order valence-corrected chi connectivity index (χ0v) is 16.8. The smallest absolute Gasteiger partial charge is 0.404 e. The van der Waals surface area contributed by atoms with Crippen molar-refractivity contribution in [3.8, 4) is 0 Å². The molecule has 0 aromatic heterocycles. The summed E-state index contributed by atoms with van der Waals surface area (Å²) in [4.78, 5) is 0. The number of rotatable bonds is 4. The molecule has 1 aromatic rings. The van der Waals surface area contributed by atoms with Gasteiger partial charge in [-0.15, -0.1) is 12.4 Å². The van der Waals surface area contributed by atoms with E-state index in [1.807, 2.05) is 12.1 Å². The number of hydrogen-bond acceptors (Lipinski definition) is 3. The lowest BCUT2D eigenvalue weighted by Crippen LogP contribution is -2.65. The molecule has 6 heteroatoms. The summed E-state index contributed by atoms with van der Waals surface area (Å²) in [6.45, 7) is 7.00. The number of aryl methyl sites for hydroxylation is 1. The Morgan fingerprint density at radius 1 is 1.24 bits per heavy atom. The first-order valence-electron chi connectivity index (χ1n) is 9.14. The number of halogens is 2. The summed E-state index contributed by atoms with van der Waals surface area (Å²) in [6.07, 6.45) is 4.37. The van der Waals surface area contributed by atoms with Gasteiger partial charge in [-0.2, -0.15) is 0 Å². The summed E-state index contributed by atoms with van der Waals surface area (Å²) in [5.74, 6) is 1.26. The van der Waals surface area contributed by atoms with Gasteiger partial charge in [0.05, 0.1) is 11.7 Å². The Morgan fingerprint density at radius 3 is 2.56 bits per heavy atom. The molecular formula is C19H28BCl2NO2. The first-order valence-corrected chi connectivity index (χ1v) is 9.52. The molecule has 4 aliphatic rings. The molecule has 1 aliphatic heterocycles. The van der Waals surface area contributed by atoms with Crippen LogP contribution in [-0.4, -0.2) is 24.8 Å². The molecule has 0 amide bonds. The molecule has 5 atom stereocenters. The van der Waals surface area contributed by atoms with Gasteiger partial charge < -0.3 is 15.0 Å². The van der Waals surface area contributed by atoms with Gasteiger partial charge in [-0.1, -0.05) is 37.6 Å². The van der Waals surface area contributed by atoms with E-state index in [0.29, 0.717) is 11.3 Å². The molecule has 3 nitrogen and oxygen atoms in total. The first kappa shape index (κ1) is 19.5. The standard InChI is InChI=1S/C19H27BClNO2.ClH/c1-18(2)13-10-15(18)19(3)16(11-13)23-20(24-19)17(22)9-6-12-4-7-14(21)8-5-12;/h4-5,7-8,13,15-17H,6,9-11,22H2,1-3H3;1H/t13-,15-,16+,17-,19-;/m0./s1. The van der Waals surface area contributed by atoms with Crippen LogP contribution >= 0.6 is 24.0 Å². The second kappa shape index (κ2) is 6.72. The number of hydrogen-bond donors (Lipinski definition) is 1. The zero-order chi connectivity index (χ0) is 17.1. The summed E-state index contributed by atoms with van der Waals surface area (Å²) >= 11 is 5.94. The molecule has 3 aliphatic carbocycles. The minimum Gasteiger partial charge on any atom is -0.404 e. The summed E-state index contributed by atoms with van der Waals surface area (Å²) in [5.41, 5.74) is 7.88. The summed E-state index contributed by atoms with van der Waals surface area (Å²) in [5, 5.41) is 0.768. The van der Waals surface area contributed by atoms with Crippen LogP contribution < -0.4 is 5.73 Å². The van der Waals surface area contributed by atoms with Crippen molar-refractivity contribution in [2.45, 2.75) is 64.1 Å². The Bertz CT molecular complexity index is 626. The van der Waals surface area contributed by atoms with Crippen molar-refractivity contribution in [1.29, 1.82) is 0 Å². The molecule has 1 heterocycles. The fourth-order valence-electron chi connectivity index (χ4n) is 5.20. The highest BCUT2D eigenvalue weighted by atomic mass is 35.5. The Kier molecular flexibility index (Phi) is 5.25. The van der Waals surface area contributed by atoms with E-state index >= 15 is 0 Å². The molecule has 1 aromatic carbocycles. The van der Waals surface area contributed by atoms with Gasteiger partial charge in [0, 0.05) is 11.0 Å². The lowest BCUT2D eigenvalue weighted by molar-refractivity contribution is -0.199. The van der Waals surface area contributed by atoms with Crippen molar-refractivity contribution >= 4 is 31.1 Å². The van der Waals surface area contributed by atoms with Gasteiger partial charge in [0.1, 0.15) is 0 Å². The summed E-state index contributed by atoms with van der Waals surface area (Å²) < 4.78 is 12.7. The highest BCUT2D eigenvalue weighted by Gasteiger charge is 2.68. The molecule has 4 fully saturated rings. The van der Waals surface area contributed by atoms with Crippen LogP contribution in [0, 0.1) is 17.3 Å². The van der Waals surface area contributed by atoms with E-state index in [0.717, 1.165) is 30.2 Å². The van der Waals surface area contributed by atoms with Crippen LogP contribution in [0.3, 0.4) is 0 Å². The average molecular weight is 384 g/mol. The van der Waals surface area contributed by atoms with Crippen LogP contribution in [0.5, 0.6) is 0 Å². The topological polar surface area (TPSA) is 44.5 Å². The van der Waals surface area contributed by atoms with Crippen LogP contribution in [0.15, 0.2) is 24.3 Å². The van der Waals surface area contributed by atoms with Gasteiger partial charge in [-0.3, -0.25) is 0 Å². The van der Waals surface area contributed by atoms with Crippen LogP contribution in [0.25, 0.3) is 0 Å². The second-order valence-electron chi connectivity index (χ2n) is 8.67. The molecule has 0 radical (unpaired) electrons. The predicted molar refractivity (Wildman–Crippen MR) is 105 cm³/mol. The van der Waals surface area contributed by atoms with E-state index in [1.54, 1.807) is 0 Å². The molecule has 5 rings (SSSR count). The third-order valence-corrected chi connectivity index (χ3v) is 7.25. The van der Waals surface area contributed by atoms with Crippen molar-refractivity contribution in [3.05, 3.63) is 34.9 Å². The molecular weight excluding hydrogens is 356 g/mol. The summed E-state index contributed by atoms with van der Waals surface area (Å²) in [6, 6.07) is 7.97. The average Bonchev–Trinajstić information content (AvgIpc) is 2.91. The van der Waals surface area contributed by atoms with Crippen molar-refractivity contribution in [3.63, 3.8) is 0 Å². The normalized spacial score (nSPS) is 36.2. The van der Waals surface area contributed by atoms with Crippen molar-refractivity contribution in [2.24, 2.45) is 23.0 Å². The molecule has 25 heavy (non-hydrogen) atoms. The Morgan fingerprint density at radius 2 is 1.92 bits per heavy atom. The van der Waals surface area contributed by atoms with Gasteiger partial charge in [-0.25, -0.2) is 0 Å². The van der Waals surface area contributed by atoms with Gasteiger partial charge in [0.25, 0.3) is 0 Å². The van der Waals surface area contributed by atoms with Gasteiger partial charge in [0.15, 0.2) is 0 Å². The maximum Gasteiger partial charge on any atom is 0.475 e. The molecule has 2 N–H and O–H groups in total. The molecule has 0 spiro atoms. The van der Waals surface area contributed by atoms with Crippen LogP contribution in [-0.2, 0) is 15.7 Å². The quantitative estimate of drug-likeness (QED) is 0.788. The molecule has 2 bridgehead atoms. The van der Waals surface area contributed by atoms with Crippen LogP contribution in [0.1, 0.15) is 45.6 Å². The Hall–Kier alpha value is -0.255. The Balaban J connectivity index is 0.00000182. The van der Waals surface area contributed by atoms with Gasteiger partial charge in [-0.05, 0) is 67.6 Å². The third-order valence-electron chi connectivity index (χ3n) is 7.00. The van der Waals surface area contributed by atoms with E-state index in [9.17, 15) is 0 Å². The summed E-state index contributed by atoms with van der Waals surface area (Å²) in [7, 11) is -0.276. The molecule has 3 saturated carbocycles. The fourth-order valence-corrected chi connectivity index (χ4v) is 5.33. The van der Waals surface area contributed by atoms with E-state index in [4.69, 9.17) is 26.6 Å². The maximum atomic E-state index is 6.44. The molecule has 0 unspecified atom stereocenters. The van der Waals surface area contributed by atoms with E-state index in [1.165, 1.54) is 12.0 Å². The van der Waals surface area contributed by atoms with E-state index < -0.39 is 0 Å². The van der Waals surface area contributed by atoms with Crippen LogP contribution in [0.4, 0.5) is 0 Å². The minimum atomic E-state index is -0.276. The monoisotopic (exact) mass is 383 g/mol. The van der Waals surface area contributed by atoms with Crippen LogP contribution in [0.2, 0.25) is 5.02 Å². The third kappa shape index (κ3) is 3.15. The first-order chi connectivity index (χ1) is 11.3. The van der Waals surface area contributed by atoms with E-state index in [2.05, 4.69) is 32.9 Å². The van der Waals surface area contributed by atoms with Crippen molar-refractivity contribution in [1.82, 2.24) is 0 Å². The lowest BCUT2D eigenvalue weighted by Gasteiger charge is -2.64. The maximum absolute atomic E-state index is 6.44. The zero-order valence-electron chi connectivity index (χ0n) is 15.2. The molecule has 138 valence electrons. The molecule has 1 saturated heterocycles. The van der Waals surface area contributed by atoms with E-state index in [-0.39, 0.29) is 37.2 Å². The van der Waals surface area contributed by atoms with Crippen molar-refractivity contribution < 1.29 is 9.31 Å². The highest BCUT2D eigenvalue weighted by Crippen LogP contribution is 2.65. The van der Waals surface area contributed by atoms with Crippen molar-refractivity contribution in [2.75, 3.05) is 0 Å². The van der Waals surface area contributed by atoms with Gasteiger partial charge >= 0.3 is 7.12 Å². The lowest BCUT2D eigenvalue weighted by atomic mass is 9.43. The largest absolute Gasteiger partial charge is 0.475 e. The highest BCUT2D eigenvalue weighted by molar-refractivity contribution is 6.47. The Labute approximate surface area is 162 Å². The SMILES string of the molecule is CC1(C)[C@@H]2C[C@H]3OB([C@@H](N)CCc4ccc(Cl)cc4)O[C@@]3(C)[C@H]1C2.Cl. The predicted octanol–water partition coefficient (Wildman–Crippen LogP) is 4.29. The fraction of sp³-hybridized carbons (Fsp3) is 0.684. The minimum absolute atomic E-state index is 0. The second-order valence-corrected chi connectivity index (χ2v) is 9.10. The number of nitrogens with two attached hydrogens (primary N) is 1. The number of benzene rings is 1. The van der Waals surface area contributed by atoms with Gasteiger partial charge in [0.2, 0.25) is 0 Å².